The van der Waals surface area contributed by atoms with Crippen molar-refractivity contribution in [3.8, 4) is 0 Å². The van der Waals surface area contributed by atoms with E-state index in [2.05, 4.69) is 14.3 Å². The second-order valence-corrected chi connectivity index (χ2v) is 6.20. The number of hydrogen-bond acceptors (Lipinski definition) is 3. The smallest absolute Gasteiger partial charge is 0.309 e. The maximum Gasteiger partial charge on any atom is 0.309 e. The molecule has 1 aliphatic heterocycles. The van der Waals surface area contributed by atoms with E-state index < -0.39 is 5.97 Å². The van der Waals surface area contributed by atoms with Crippen molar-refractivity contribution < 1.29 is 9.90 Å². The van der Waals surface area contributed by atoms with E-state index in [1.165, 1.54) is 25.7 Å². The Bertz CT molecular complexity index is 670. The monoisotopic (exact) mass is 301 g/mol. The van der Waals surface area contributed by atoms with Gasteiger partial charge in [0.15, 0.2) is 0 Å². The zero-order valence-electron chi connectivity index (χ0n) is 13.1. The summed E-state index contributed by atoms with van der Waals surface area (Å²) in [6, 6.07) is 4.06. The average Bonchev–Trinajstić information content (AvgIpc) is 2.64. The first kappa shape index (κ1) is 15.0. The van der Waals surface area contributed by atoms with Gasteiger partial charge in [0, 0.05) is 12.7 Å². The molecule has 1 N–H and O–H groups in total. The molecule has 0 radical (unpaired) electrons. The number of carboxylic acids is 1. The van der Waals surface area contributed by atoms with Crippen LogP contribution in [0.25, 0.3) is 5.65 Å². The molecule has 3 heterocycles. The van der Waals surface area contributed by atoms with Crippen LogP contribution in [0.15, 0.2) is 18.3 Å². The fourth-order valence-electron chi connectivity index (χ4n) is 3.20. The molecule has 5 nitrogen and oxygen atoms in total. The predicted octanol–water partition coefficient (Wildman–Crippen LogP) is 2.65. The van der Waals surface area contributed by atoms with Gasteiger partial charge in [-0.25, -0.2) is 4.98 Å². The highest BCUT2D eigenvalue weighted by Crippen LogP contribution is 2.19. The topological polar surface area (TPSA) is 57.8 Å². The number of pyridine rings is 1. The van der Waals surface area contributed by atoms with E-state index in [-0.39, 0.29) is 6.42 Å². The minimum atomic E-state index is -0.822. The van der Waals surface area contributed by atoms with Crippen LogP contribution in [0.3, 0.4) is 0 Å². The van der Waals surface area contributed by atoms with Crippen LogP contribution in [-0.4, -0.2) is 38.4 Å². The standard InChI is InChI=1S/C17H23N3O2/c1-13-6-9-20-15(12-19-7-4-2-3-5-8-19)14(11-17(21)22)18-16(20)10-13/h6,9-10H,2-5,7-8,11-12H2,1H3,(H,21,22). The number of carboxylic acid groups (broad SMARTS) is 1. The lowest BCUT2D eigenvalue weighted by molar-refractivity contribution is -0.136. The van der Waals surface area contributed by atoms with Gasteiger partial charge in [0.1, 0.15) is 5.65 Å². The molecule has 0 amide bonds. The molecule has 2 aromatic heterocycles. The normalized spacial score (nSPS) is 16.8. The third-order valence-corrected chi connectivity index (χ3v) is 4.35. The Hall–Kier alpha value is -1.88. The van der Waals surface area contributed by atoms with Gasteiger partial charge in [0.2, 0.25) is 0 Å². The van der Waals surface area contributed by atoms with E-state index >= 15 is 0 Å². The molecular weight excluding hydrogens is 278 g/mol. The average molecular weight is 301 g/mol. The molecule has 22 heavy (non-hydrogen) atoms. The number of imidazole rings is 1. The molecular formula is C17H23N3O2. The summed E-state index contributed by atoms with van der Waals surface area (Å²) in [5.74, 6) is -0.822. The Balaban J connectivity index is 1.95. The molecule has 0 saturated carbocycles. The zero-order valence-corrected chi connectivity index (χ0v) is 13.1. The van der Waals surface area contributed by atoms with Gasteiger partial charge in [0.25, 0.3) is 0 Å². The number of fused-ring (bicyclic) bond motifs is 1. The SMILES string of the molecule is Cc1ccn2c(CN3CCCCCC3)c(CC(=O)O)nc2c1. The van der Waals surface area contributed by atoms with E-state index in [1.807, 2.05) is 25.3 Å². The van der Waals surface area contributed by atoms with Crippen LogP contribution in [0.4, 0.5) is 0 Å². The Morgan fingerprint density at radius 2 is 2.00 bits per heavy atom. The van der Waals surface area contributed by atoms with Gasteiger partial charge in [-0.05, 0) is 50.6 Å². The third-order valence-electron chi connectivity index (χ3n) is 4.35. The Labute approximate surface area is 130 Å². The Morgan fingerprint density at radius 1 is 1.27 bits per heavy atom. The van der Waals surface area contributed by atoms with Crippen LogP contribution >= 0.6 is 0 Å². The maximum absolute atomic E-state index is 11.1. The molecule has 0 aliphatic carbocycles. The number of aryl methyl sites for hydroxylation is 1. The number of carbonyl (C=O) groups is 1. The van der Waals surface area contributed by atoms with Crippen molar-refractivity contribution in [2.24, 2.45) is 0 Å². The van der Waals surface area contributed by atoms with Gasteiger partial charge in [-0.15, -0.1) is 0 Å². The lowest BCUT2D eigenvalue weighted by Gasteiger charge is -2.20. The van der Waals surface area contributed by atoms with Crippen LogP contribution < -0.4 is 0 Å². The van der Waals surface area contributed by atoms with Crippen molar-refractivity contribution in [2.75, 3.05) is 13.1 Å². The van der Waals surface area contributed by atoms with Crippen LogP contribution in [0, 0.1) is 6.92 Å². The van der Waals surface area contributed by atoms with Gasteiger partial charge < -0.3 is 9.51 Å². The van der Waals surface area contributed by atoms with E-state index in [1.54, 1.807) is 0 Å². The first-order chi connectivity index (χ1) is 10.6. The largest absolute Gasteiger partial charge is 0.481 e. The summed E-state index contributed by atoms with van der Waals surface area (Å²) in [6.07, 6.45) is 7.05. The molecule has 0 spiro atoms. The van der Waals surface area contributed by atoms with Crippen molar-refractivity contribution in [1.29, 1.82) is 0 Å². The lowest BCUT2D eigenvalue weighted by atomic mass is 10.2. The number of likely N-dealkylation sites (tertiary alicyclic amines) is 1. The number of hydrogen-bond donors (Lipinski definition) is 1. The fraction of sp³-hybridized carbons (Fsp3) is 0.529. The van der Waals surface area contributed by atoms with Crippen LogP contribution in [-0.2, 0) is 17.8 Å². The van der Waals surface area contributed by atoms with Gasteiger partial charge in [-0.1, -0.05) is 12.8 Å². The molecule has 3 rings (SSSR count). The molecule has 0 bridgehead atoms. The quantitative estimate of drug-likeness (QED) is 0.943. The summed E-state index contributed by atoms with van der Waals surface area (Å²) >= 11 is 0. The van der Waals surface area contributed by atoms with Crippen molar-refractivity contribution in [3.05, 3.63) is 35.3 Å². The number of aliphatic carboxylic acids is 1. The van der Waals surface area contributed by atoms with E-state index in [9.17, 15) is 4.79 Å². The van der Waals surface area contributed by atoms with E-state index in [0.717, 1.165) is 36.5 Å². The van der Waals surface area contributed by atoms with Gasteiger partial charge in [-0.3, -0.25) is 9.69 Å². The predicted molar refractivity (Wildman–Crippen MR) is 85.0 cm³/mol. The number of aromatic nitrogens is 2. The lowest BCUT2D eigenvalue weighted by Crippen LogP contribution is -2.25. The summed E-state index contributed by atoms with van der Waals surface area (Å²) in [6.45, 7) is 4.99. The first-order valence-electron chi connectivity index (χ1n) is 8.04. The highest BCUT2D eigenvalue weighted by atomic mass is 16.4. The summed E-state index contributed by atoms with van der Waals surface area (Å²) in [4.78, 5) is 18.1. The van der Waals surface area contributed by atoms with Gasteiger partial charge >= 0.3 is 5.97 Å². The van der Waals surface area contributed by atoms with Crippen LogP contribution in [0.2, 0.25) is 0 Å². The zero-order chi connectivity index (χ0) is 15.5. The number of rotatable bonds is 4. The summed E-state index contributed by atoms with van der Waals surface area (Å²) in [5, 5.41) is 9.16. The molecule has 0 atom stereocenters. The first-order valence-corrected chi connectivity index (χ1v) is 8.04. The van der Waals surface area contributed by atoms with Crippen molar-refractivity contribution >= 4 is 11.6 Å². The molecule has 1 saturated heterocycles. The molecule has 5 heteroatoms. The summed E-state index contributed by atoms with van der Waals surface area (Å²) in [7, 11) is 0. The highest BCUT2D eigenvalue weighted by Gasteiger charge is 2.18. The highest BCUT2D eigenvalue weighted by molar-refractivity contribution is 5.70. The van der Waals surface area contributed by atoms with Crippen molar-refractivity contribution in [3.63, 3.8) is 0 Å². The van der Waals surface area contributed by atoms with E-state index in [4.69, 9.17) is 5.11 Å². The molecule has 1 fully saturated rings. The van der Waals surface area contributed by atoms with Gasteiger partial charge in [-0.2, -0.15) is 0 Å². The van der Waals surface area contributed by atoms with Gasteiger partial charge in [0.05, 0.1) is 17.8 Å². The van der Waals surface area contributed by atoms with Crippen LogP contribution in [0.1, 0.15) is 42.6 Å². The summed E-state index contributed by atoms with van der Waals surface area (Å²) < 4.78 is 2.05. The molecule has 0 unspecified atom stereocenters. The minimum Gasteiger partial charge on any atom is -0.481 e. The number of nitrogens with zero attached hydrogens (tertiary/aromatic N) is 3. The molecule has 118 valence electrons. The van der Waals surface area contributed by atoms with Crippen molar-refractivity contribution in [2.45, 2.75) is 45.6 Å². The maximum atomic E-state index is 11.1. The van der Waals surface area contributed by atoms with Crippen molar-refractivity contribution in [1.82, 2.24) is 14.3 Å². The van der Waals surface area contributed by atoms with Crippen LogP contribution in [0.5, 0.6) is 0 Å². The summed E-state index contributed by atoms with van der Waals surface area (Å²) in [5.41, 5.74) is 3.71. The third kappa shape index (κ3) is 3.30. The Kier molecular flexibility index (Phi) is 4.43. The molecule has 0 aromatic carbocycles. The second kappa shape index (κ2) is 6.48. The molecule has 1 aliphatic rings. The fourth-order valence-corrected chi connectivity index (χ4v) is 3.20. The molecule has 2 aromatic rings. The van der Waals surface area contributed by atoms with E-state index in [0.29, 0.717) is 5.69 Å². The minimum absolute atomic E-state index is 0.0100. The Morgan fingerprint density at radius 3 is 2.68 bits per heavy atom. The second-order valence-electron chi connectivity index (χ2n) is 6.20.